The fourth-order valence-electron chi connectivity index (χ4n) is 2.93. The van der Waals surface area contributed by atoms with Crippen molar-refractivity contribution in [3.63, 3.8) is 0 Å². The van der Waals surface area contributed by atoms with Crippen molar-refractivity contribution in [2.45, 2.75) is 30.6 Å². The maximum atomic E-state index is 11.6. The van der Waals surface area contributed by atoms with Gasteiger partial charge in [0.15, 0.2) is 5.75 Å². The molecule has 159 valence electrons. The normalized spacial score (nSPS) is 11.9. The number of phenols is 1. The molecule has 0 aliphatic heterocycles. The minimum atomic E-state index is -5.13. The average Bonchev–Trinajstić information content (AvgIpc) is 2.62. The van der Waals surface area contributed by atoms with Crippen LogP contribution in [0.4, 0.5) is 11.4 Å². The number of aryl methyl sites for hydroxylation is 3. The molecule has 0 atom stereocenters. The number of phenolic OH excluding ortho intramolecular Hbond substituents is 1. The van der Waals surface area contributed by atoms with Crippen LogP contribution >= 0.6 is 0 Å². The molecule has 0 bridgehead atoms. The summed E-state index contributed by atoms with van der Waals surface area (Å²) < 4.78 is 68.6. The van der Waals surface area contributed by atoms with E-state index in [0.29, 0.717) is 5.69 Å². The van der Waals surface area contributed by atoms with Crippen LogP contribution in [0.2, 0.25) is 0 Å². The number of nitrogens with zero attached hydrogens (tertiary/aromatic N) is 2. The summed E-state index contributed by atoms with van der Waals surface area (Å²) in [4.78, 5) is -1.62. The van der Waals surface area contributed by atoms with Crippen molar-refractivity contribution < 1.29 is 60.6 Å². The van der Waals surface area contributed by atoms with Crippen LogP contribution in [0.15, 0.2) is 56.4 Å². The molecule has 0 fully saturated rings. The van der Waals surface area contributed by atoms with E-state index in [9.17, 15) is 31.0 Å². The van der Waals surface area contributed by atoms with E-state index >= 15 is 0 Å². The van der Waals surface area contributed by atoms with Crippen LogP contribution < -0.4 is 29.6 Å². The molecule has 32 heavy (non-hydrogen) atoms. The number of hydrogen-bond donors (Lipinski definition) is 1. The SMILES string of the molecule is Cc1cc(C)c(N=Nc2c(O)c(S(=O)(=O)[O-])cc3cc(S(=O)(=O)[O-])ccc23)cc1C.[Na+].[Na]. The van der Waals surface area contributed by atoms with E-state index in [1.165, 1.54) is 6.07 Å². The second-order valence-corrected chi connectivity index (χ2v) is 9.51. The van der Waals surface area contributed by atoms with Crippen LogP contribution in [0.1, 0.15) is 16.7 Å². The Balaban J connectivity index is 0.00000256. The molecule has 0 aliphatic carbocycles. The molecule has 1 radical (unpaired) electrons. The van der Waals surface area contributed by atoms with Crippen molar-refractivity contribution >= 4 is 71.9 Å². The Morgan fingerprint density at radius 1 is 0.812 bits per heavy atom. The summed E-state index contributed by atoms with van der Waals surface area (Å²) in [6, 6.07) is 7.52. The minimum Gasteiger partial charge on any atom is -0.744 e. The maximum absolute atomic E-state index is 11.6. The Bertz CT molecular complexity index is 1440. The first-order chi connectivity index (χ1) is 13.8. The summed E-state index contributed by atoms with van der Waals surface area (Å²) in [7, 11) is -9.96. The summed E-state index contributed by atoms with van der Waals surface area (Å²) in [6.07, 6.45) is 0. The van der Waals surface area contributed by atoms with Crippen LogP contribution in [0.5, 0.6) is 5.75 Å². The van der Waals surface area contributed by atoms with Crippen LogP contribution in [0, 0.1) is 20.8 Å². The number of rotatable bonds is 4. The standard InChI is InChI=1S/C19H18N2O7S2.2Na/c1-10-6-12(3)16(7-11(10)2)20-21-18-15-5-4-14(29(23,24)25)8-13(15)9-17(19(18)22)30(26,27)28;;/h4-9,22H,1-3H3,(H,23,24,25)(H,26,27,28);;/q;;+1/p-2. The van der Waals surface area contributed by atoms with Crippen molar-refractivity contribution in [1.82, 2.24) is 0 Å². The monoisotopic (exact) mass is 494 g/mol. The summed E-state index contributed by atoms with van der Waals surface area (Å²) in [5.74, 6) is -0.916. The van der Waals surface area contributed by atoms with Gasteiger partial charge in [-0.2, -0.15) is 5.11 Å². The van der Waals surface area contributed by atoms with Crippen molar-refractivity contribution in [3.8, 4) is 5.75 Å². The van der Waals surface area contributed by atoms with Gasteiger partial charge in [-0.25, -0.2) is 16.8 Å². The zero-order chi connectivity index (χ0) is 22.4. The zero-order valence-corrected chi connectivity index (χ0v) is 23.7. The van der Waals surface area contributed by atoms with E-state index in [1.807, 2.05) is 19.9 Å². The third-order valence-electron chi connectivity index (χ3n) is 4.65. The molecular weight excluding hydrogens is 478 g/mol. The quantitative estimate of drug-likeness (QED) is 0.310. The third-order valence-corrected chi connectivity index (χ3v) is 6.33. The van der Waals surface area contributed by atoms with Gasteiger partial charge in [-0.1, -0.05) is 12.1 Å². The van der Waals surface area contributed by atoms with E-state index in [0.717, 1.165) is 34.9 Å². The van der Waals surface area contributed by atoms with Crippen molar-refractivity contribution in [3.05, 3.63) is 53.1 Å². The molecule has 9 nitrogen and oxygen atoms in total. The summed E-state index contributed by atoms with van der Waals surface area (Å²) >= 11 is 0. The molecule has 13 heteroatoms. The van der Waals surface area contributed by atoms with Crippen molar-refractivity contribution in [2.75, 3.05) is 0 Å². The molecule has 0 unspecified atom stereocenters. The average molecular weight is 494 g/mol. The second-order valence-electron chi connectivity index (χ2n) is 6.79. The van der Waals surface area contributed by atoms with E-state index in [-0.39, 0.29) is 75.6 Å². The summed E-state index contributed by atoms with van der Waals surface area (Å²) in [5.41, 5.74) is 2.86. The molecule has 3 aromatic rings. The maximum Gasteiger partial charge on any atom is 1.00 e. The smallest absolute Gasteiger partial charge is 0.744 e. The van der Waals surface area contributed by atoms with Crippen LogP contribution in [0.25, 0.3) is 10.8 Å². The fraction of sp³-hybridized carbons (Fsp3) is 0.158. The van der Waals surface area contributed by atoms with E-state index < -0.39 is 35.8 Å². The van der Waals surface area contributed by atoms with E-state index in [4.69, 9.17) is 0 Å². The Labute approximate surface area is 230 Å². The van der Waals surface area contributed by atoms with Crippen LogP contribution in [-0.4, -0.2) is 60.6 Å². The third kappa shape index (κ3) is 6.17. The Hall–Kier alpha value is -0.860. The molecule has 0 heterocycles. The van der Waals surface area contributed by atoms with Gasteiger partial charge in [-0.15, -0.1) is 5.11 Å². The molecule has 0 spiro atoms. The topological polar surface area (TPSA) is 159 Å². The predicted molar refractivity (Wildman–Crippen MR) is 112 cm³/mol. The van der Waals surface area contributed by atoms with E-state index in [1.54, 1.807) is 13.0 Å². The van der Waals surface area contributed by atoms with Gasteiger partial charge in [0.2, 0.25) is 0 Å². The zero-order valence-electron chi connectivity index (χ0n) is 18.1. The first-order valence-corrected chi connectivity index (χ1v) is 11.3. The van der Waals surface area contributed by atoms with Gasteiger partial charge in [0.1, 0.15) is 25.9 Å². The van der Waals surface area contributed by atoms with Crippen molar-refractivity contribution in [2.24, 2.45) is 10.2 Å². The number of azo groups is 1. The first kappa shape index (κ1) is 29.2. The molecular formula is C19H16N2Na2O7S2-. The van der Waals surface area contributed by atoms with Gasteiger partial charge in [0, 0.05) is 34.9 Å². The number of fused-ring (bicyclic) bond motifs is 1. The molecule has 0 aliphatic rings. The molecule has 0 amide bonds. The van der Waals surface area contributed by atoms with Gasteiger partial charge < -0.3 is 14.2 Å². The minimum absolute atomic E-state index is 0. The first-order valence-electron chi connectivity index (χ1n) is 8.50. The molecule has 3 rings (SSSR count). The Morgan fingerprint density at radius 2 is 1.41 bits per heavy atom. The number of hydrogen-bond acceptors (Lipinski definition) is 9. The predicted octanol–water partition coefficient (Wildman–Crippen LogP) is 0.317. The van der Waals surface area contributed by atoms with Gasteiger partial charge in [0.25, 0.3) is 0 Å². The fourth-order valence-corrected chi connectivity index (χ4v) is 4.04. The largest absolute Gasteiger partial charge is 1.00 e. The Kier molecular flexibility index (Phi) is 9.66. The molecule has 1 N–H and O–H groups in total. The molecule has 0 saturated carbocycles. The second kappa shape index (κ2) is 10.6. The van der Waals surface area contributed by atoms with Gasteiger partial charge >= 0.3 is 29.6 Å². The molecule has 0 aromatic heterocycles. The van der Waals surface area contributed by atoms with Gasteiger partial charge in [-0.3, -0.25) is 0 Å². The molecule has 3 aromatic carbocycles. The van der Waals surface area contributed by atoms with Crippen molar-refractivity contribution in [1.29, 1.82) is 0 Å². The number of benzene rings is 3. The number of aromatic hydroxyl groups is 1. The van der Waals surface area contributed by atoms with Gasteiger partial charge in [0.05, 0.1) is 15.5 Å². The van der Waals surface area contributed by atoms with Crippen LogP contribution in [-0.2, 0) is 20.2 Å². The molecule has 0 saturated heterocycles. The van der Waals surface area contributed by atoms with Gasteiger partial charge in [-0.05, 0) is 67.1 Å². The van der Waals surface area contributed by atoms with E-state index in [2.05, 4.69) is 10.2 Å². The summed E-state index contributed by atoms with van der Waals surface area (Å²) in [6.45, 7) is 5.59. The summed E-state index contributed by atoms with van der Waals surface area (Å²) in [5, 5.41) is 18.4. The van der Waals surface area contributed by atoms with Crippen LogP contribution in [0.3, 0.4) is 0 Å². The Morgan fingerprint density at radius 3 is 1.97 bits per heavy atom.